The van der Waals surface area contributed by atoms with E-state index in [0.717, 1.165) is 45.4 Å². The molecule has 172 valence electrons. The summed E-state index contributed by atoms with van der Waals surface area (Å²) in [4.78, 5) is 24.5. The summed E-state index contributed by atoms with van der Waals surface area (Å²) in [6.45, 7) is 10.6. The van der Waals surface area contributed by atoms with Gasteiger partial charge in [0.1, 0.15) is 18.0 Å². The maximum atomic E-state index is 13.4. The van der Waals surface area contributed by atoms with E-state index in [4.69, 9.17) is 5.41 Å². The number of hydrogen-bond acceptors (Lipinski definition) is 6. The molecule has 1 aliphatic heterocycles. The second-order valence-corrected chi connectivity index (χ2v) is 9.75. The highest BCUT2D eigenvalue weighted by Crippen LogP contribution is 2.45. The number of nitrogens with zero attached hydrogens (tertiary/aromatic N) is 3. The van der Waals surface area contributed by atoms with E-state index in [1.54, 1.807) is 0 Å². The summed E-state index contributed by atoms with van der Waals surface area (Å²) in [5.41, 5.74) is 0.191. The molecule has 7 heteroatoms. The van der Waals surface area contributed by atoms with Gasteiger partial charge in [-0.1, -0.05) is 33.6 Å². The van der Waals surface area contributed by atoms with Gasteiger partial charge in [0.2, 0.25) is 5.91 Å². The molecule has 2 fully saturated rings. The zero-order valence-corrected chi connectivity index (χ0v) is 19.5. The van der Waals surface area contributed by atoms with Crippen molar-refractivity contribution >= 4 is 23.8 Å². The van der Waals surface area contributed by atoms with Crippen LogP contribution in [0, 0.1) is 22.7 Å². The van der Waals surface area contributed by atoms with E-state index in [9.17, 15) is 4.79 Å². The molecule has 2 aliphatic rings. The first-order chi connectivity index (χ1) is 15.0. The highest BCUT2D eigenvalue weighted by atomic mass is 16.2. The Labute approximate surface area is 187 Å². The molecule has 1 amide bonds. The van der Waals surface area contributed by atoms with Gasteiger partial charge >= 0.3 is 0 Å². The molecular weight excluding hydrogens is 388 g/mol. The number of nitrogens with one attached hydrogen (secondary N) is 3. The van der Waals surface area contributed by atoms with Crippen molar-refractivity contribution in [2.75, 3.05) is 36.8 Å². The maximum absolute atomic E-state index is 13.4. The molecule has 3 atom stereocenters. The van der Waals surface area contributed by atoms with Gasteiger partial charge in [-0.3, -0.25) is 4.79 Å². The van der Waals surface area contributed by atoms with Crippen LogP contribution in [0.15, 0.2) is 6.33 Å². The average molecular weight is 429 g/mol. The Kier molecular flexibility index (Phi) is 8.41. The van der Waals surface area contributed by atoms with Gasteiger partial charge in [-0.25, -0.2) is 9.97 Å². The van der Waals surface area contributed by atoms with Crippen molar-refractivity contribution in [1.82, 2.24) is 14.9 Å². The molecule has 3 N–H and O–H groups in total. The van der Waals surface area contributed by atoms with Crippen LogP contribution < -0.4 is 10.6 Å². The lowest BCUT2D eigenvalue weighted by atomic mass is 9.64. The van der Waals surface area contributed by atoms with Crippen molar-refractivity contribution in [2.45, 2.75) is 72.1 Å². The lowest BCUT2D eigenvalue weighted by molar-refractivity contribution is -0.129. The van der Waals surface area contributed by atoms with Gasteiger partial charge in [-0.05, 0) is 63.5 Å². The number of hydrogen-bond donors (Lipinski definition) is 3. The summed E-state index contributed by atoms with van der Waals surface area (Å²) in [6.07, 6.45) is 11.7. The molecule has 7 nitrogen and oxygen atoms in total. The molecule has 3 rings (SSSR count). The molecule has 2 unspecified atom stereocenters. The van der Waals surface area contributed by atoms with E-state index >= 15 is 0 Å². The Balaban J connectivity index is 1.67. The Morgan fingerprint density at radius 3 is 2.42 bits per heavy atom. The van der Waals surface area contributed by atoms with Crippen LogP contribution >= 0.6 is 0 Å². The van der Waals surface area contributed by atoms with Crippen molar-refractivity contribution in [2.24, 2.45) is 17.3 Å². The summed E-state index contributed by atoms with van der Waals surface area (Å²) < 4.78 is 0. The monoisotopic (exact) mass is 428 g/mol. The SMILES string of the molecule is CCC1(C(=O)Nc2ncnc(NCCN3CCCCCC3)c2C=N)CC(C)C[C@@H](C)C1. The zero-order chi connectivity index (χ0) is 22.3. The van der Waals surface area contributed by atoms with E-state index in [2.05, 4.69) is 46.3 Å². The minimum absolute atomic E-state index is 0.0331. The normalized spacial score (nSPS) is 27.3. The molecule has 1 saturated carbocycles. The number of rotatable bonds is 8. The molecule has 0 radical (unpaired) electrons. The molecule has 2 heterocycles. The summed E-state index contributed by atoms with van der Waals surface area (Å²) in [5.74, 6) is 2.17. The smallest absolute Gasteiger partial charge is 0.231 e. The van der Waals surface area contributed by atoms with Gasteiger partial charge in [-0.15, -0.1) is 0 Å². The van der Waals surface area contributed by atoms with Gasteiger partial charge < -0.3 is 20.9 Å². The standard InChI is InChI=1S/C24H40N6O/c1-4-24(14-18(2)13-19(3)15-24)23(31)29-22-20(16-25)21(27-17-28-22)26-9-12-30-10-7-5-6-8-11-30/h16-19,25H,4-15H2,1-3H3,(H2,26,27,28,29,31)/t18-,19?,24?/m1/s1. The number of aromatic nitrogens is 2. The first-order valence-corrected chi connectivity index (χ1v) is 12.1. The van der Waals surface area contributed by atoms with Crippen LogP contribution in [0.3, 0.4) is 0 Å². The Bertz CT molecular complexity index is 734. The van der Waals surface area contributed by atoms with Gasteiger partial charge in [-0.2, -0.15) is 0 Å². The minimum atomic E-state index is -0.359. The van der Waals surface area contributed by atoms with E-state index in [0.29, 0.717) is 29.0 Å². The third-order valence-corrected chi connectivity index (χ3v) is 7.12. The van der Waals surface area contributed by atoms with Crippen LogP contribution in [-0.4, -0.2) is 53.2 Å². The highest BCUT2D eigenvalue weighted by Gasteiger charge is 2.42. The van der Waals surface area contributed by atoms with Crippen LogP contribution in [-0.2, 0) is 4.79 Å². The first-order valence-electron chi connectivity index (χ1n) is 12.1. The molecule has 31 heavy (non-hydrogen) atoms. The molecule has 0 bridgehead atoms. The van der Waals surface area contributed by atoms with E-state index < -0.39 is 0 Å². The fourth-order valence-electron chi connectivity index (χ4n) is 5.61. The molecule has 0 aromatic carbocycles. The summed E-state index contributed by atoms with van der Waals surface area (Å²) in [7, 11) is 0. The lowest BCUT2D eigenvalue weighted by Crippen LogP contribution is -2.42. The van der Waals surface area contributed by atoms with Gasteiger partial charge in [0.05, 0.1) is 5.56 Å². The fraction of sp³-hybridized carbons (Fsp3) is 0.750. The van der Waals surface area contributed by atoms with Gasteiger partial charge in [0.25, 0.3) is 0 Å². The topological polar surface area (TPSA) is 94.0 Å². The van der Waals surface area contributed by atoms with Crippen LogP contribution in [0.2, 0.25) is 0 Å². The molecule has 1 aromatic heterocycles. The number of carbonyl (C=O) groups excluding carboxylic acids is 1. The largest absolute Gasteiger partial charge is 0.368 e. The maximum Gasteiger partial charge on any atom is 0.231 e. The minimum Gasteiger partial charge on any atom is -0.368 e. The van der Waals surface area contributed by atoms with Crippen LogP contribution in [0.1, 0.15) is 77.7 Å². The summed E-state index contributed by atoms with van der Waals surface area (Å²) in [6, 6.07) is 0. The predicted molar refractivity (Wildman–Crippen MR) is 127 cm³/mol. The van der Waals surface area contributed by atoms with Crippen LogP contribution in [0.4, 0.5) is 11.6 Å². The number of anilines is 2. The van der Waals surface area contributed by atoms with Gasteiger partial charge in [0.15, 0.2) is 0 Å². The molecule has 1 aliphatic carbocycles. The first kappa shape index (κ1) is 23.6. The second kappa shape index (κ2) is 11.0. The fourth-order valence-corrected chi connectivity index (χ4v) is 5.61. The third kappa shape index (κ3) is 6.03. The second-order valence-electron chi connectivity index (χ2n) is 9.75. The van der Waals surface area contributed by atoms with Crippen molar-refractivity contribution in [3.05, 3.63) is 11.9 Å². The molecule has 1 saturated heterocycles. The number of likely N-dealkylation sites (tertiary alicyclic amines) is 1. The number of carbonyl (C=O) groups is 1. The third-order valence-electron chi connectivity index (χ3n) is 7.12. The number of amides is 1. The van der Waals surface area contributed by atoms with Crippen molar-refractivity contribution < 1.29 is 4.79 Å². The quantitative estimate of drug-likeness (QED) is 0.528. The molecule has 1 aromatic rings. The Hall–Kier alpha value is -2.02. The van der Waals surface area contributed by atoms with Crippen LogP contribution in [0.5, 0.6) is 0 Å². The van der Waals surface area contributed by atoms with E-state index in [1.807, 2.05) is 0 Å². The highest BCUT2D eigenvalue weighted by molar-refractivity contribution is 6.00. The van der Waals surface area contributed by atoms with E-state index in [1.165, 1.54) is 44.6 Å². The molecular formula is C24H40N6O. The van der Waals surface area contributed by atoms with Crippen molar-refractivity contribution in [3.63, 3.8) is 0 Å². The van der Waals surface area contributed by atoms with E-state index in [-0.39, 0.29) is 11.3 Å². The van der Waals surface area contributed by atoms with Crippen molar-refractivity contribution in [1.29, 1.82) is 5.41 Å². The van der Waals surface area contributed by atoms with Gasteiger partial charge in [0, 0.05) is 24.7 Å². The predicted octanol–water partition coefficient (Wildman–Crippen LogP) is 4.55. The summed E-state index contributed by atoms with van der Waals surface area (Å²) >= 11 is 0. The Morgan fingerprint density at radius 1 is 1.16 bits per heavy atom. The molecule has 0 spiro atoms. The summed E-state index contributed by atoms with van der Waals surface area (Å²) in [5, 5.41) is 14.4. The Morgan fingerprint density at radius 2 is 1.81 bits per heavy atom. The zero-order valence-electron chi connectivity index (χ0n) is 19.5. The average Bonchev–Trinajstić information content (AvgIpc) is 3.02. The lowest BCUT2D eigenvalue weighted by Gasteiger charge is -2.41. The van der Waals surface area contributed by atoms with Crippen LogP contribution in [0.25, 0.3) is 0 Å². The van der Waals surface area contributed by atoms with Crippen molar-refractivity contribution in [3.8, 4) is 0 Å².